The monoisotopic (exact) mass is 393 g/mol. The number of nitrogens with two attached hydrogens (primary N) is 1. The number of furan rings is 1. The van der Waals surface area contributed by atoms with Crippen LogP contribution in [0.25, 0.3) is 22.7 Å². The predicted molar refractivity (Wildman–Crippen MR) is 97.3 cm³/mol. The first-order valence-electron chi connectivity index (χ1n) is 8.34. The van der Waals surface area contributed by atoms with Gasteiger partial charge in [-0.15, -0.1) is 0 Å². The molecule has 0 radical (unpaired) electrons. The minimum absolute atomic E-state index is 0.122. The molecule has 4 atom stereocenters. The molecule has 2 saturated heterocycles. The fourth-order valence-electron chi connectivity index (χ4n) is 3.48. The molecule has 27 heavy (non-hydrogen) atoms. The van der Waals surface area contributed by atoms with Crippen molar-refractivity contribution < 1.29 is 28.2 Å². The maximum atomic E-state index is 10.9. The van der Waals surface area contributed by atoms with Gasteiger partial charge in [0.1, 0.15) is 0 Å². The van der Waals surface area contributed by atoms with Crippen molar-refractivity contribution in [3.05, 3.63) is 24.7 Å². The molecule has 0 amide bonds. The molecular formula is C14H17BN5O6P. The Morgan fingerprint density at radius 3 is 3.00 bits per heavy atom. The zero-order chi connectivity index (χ0) is 18.8. The average molecular weight is 393 g/mol. The van der Waals surface area contributed by atoms with Crippen LogP contribution in [0.15, 0.2) is 29.1 Å². The average Bonchev–Trinajstić information content (AvgIpc) is 3.33. The van der Waals surface area contributed by atoms with E-state index in [4.69, 9.17) is 23.9 Å². The zero-order valence-corrected chi connectivity index (χ0v) is 15.2. The van der Waals surface area contributed by atoms with Crippen LogP contribution >= 0.6 is 7.82 Å². The minimum atomic E-state index is -3.29. The third-order valence-corrected chi connectivity index (χ3v) is 6.09. The van der Waals surface area contributed by atoms with E-state index >= 15 is 0 Å². The SMILES string of the molecule is B[PH]1(O)OC[C@H]2O[C@@H](n3c(-c4ccco4)nc4c(N)ncnc43)C(O)[C@@H]2O1. The van der Waals surface area contributed by atoms with E-state index in [-0.39, 0.29) is 12.4 Å². The Balaban J connectivity index is 1.65. The number of rotatable bonds is 2. The van der Waals surface area contributed by atoms with Gasteiger partial charge in [0.05, 0.1) is 0 Å². The first kappa shape index (κ1) is 17.1. The molecule has 0 aliphatic carbocycles. The van der Waals surface area contributed by atoms with Gasteiger partial charge in [-0.2, -0.15) is 0 Å². The van der Waals surface area contributed by atoms with Crippen molar-refractivity contribution in [3.63, 3.8) is 0 Å². The molecule has 3 aromatic rings. The number of ether oxygens (including phenoxy) is 1. The Morgan fingerprint density at radius 1 is 1.37 bits per heavy atom. The van der Waals surface area contributed by atoms with Crippen molar-refractivity contribution in [1.82, 2.24) is 19.5 Å². The van der Waals surface area contributed by atoms with Crippen LogP contribution in [0, 0.1) is 0 Å². The summed E-state index contributed by atoms with van der Waals surface area (Å²) < 4.78 is 24.0. The molecule has 0 saturated carbocycles. The van der Waals surface area contributed by atoms with E-state index in [1.165, 1.54) is 20.2 Å². The van der Waals surface area contributed by atoms with Crippen molar-refractivity contribution >= 4 is 32.4 Å². The first-order valence-corrected chi connectivity index (χ1v) is 10.6. The van der Waals surface area contributed by atoms with Gasteiger partial charge in [-0.25, -0.2) is 0 Å². The van der Waals surface area contributed by atoms with E-state index in [9.17, 15) is 10.00 Å². The van der Waals surface area contributed by atoms with Crippen LogP contribution in [0.1, 0.15) is 6.23 Å². The second kappa shape index (κ2) is 5.96. The van der Waals surface area contributed by atoms with Gasteiger partial charge < -0.3 is 0 Å². The summed E-state index contributed by atoms with van der Waals surface area (Å²) in [5, 5.41) is 10.9. The van der Waals surface area contributed by atoms with Gasteiger partial charge in [-0.3, -0.25) is 0 Å². The fourth-order valence-corrected chi connectivity index (χ4v) is 4.82. The van der Waals surface area contributed by atoms with E-state index in [0.29, 0.717) is 22.7 Å². The van der Waals surface area contributed by atoms with E-state index < -0.39 is 32.4 Å². The molecule has 13 heteroatoms. The van der Waals surface area contributed by atoms with Gasteiger partial charge in [0.25, 0.3) is 0 Å². The van der Waals surface area contributed by atoms with Crippen LogP contribution in [0.2, 0.25) is 0 Å². The first-order chi connectivity index (χ1) is 12.9. The van der Waals surface area contributed by atoms with Crippen molar-refractivity contribution in [2.75, 3.05) is 12.3 Å². The number of fused-ring (bicyclic) bond motifs is 2. The number of aromatic nitrogens is 4. The Hall–Kier alpha value is -2.08. The third-order valence-electron chi connectivity index (χ3n) is 4.68. The van der Waals surface area contributed by atoms with Gasteiger partial charge >= 0.3 is 153 Å². The molecule has 5 heterocycles. The quantitative estimate of drug-likeness (QED) is 0.379. The maximum absolute atomic E-state index is 10.9. The van der Waals surface area contributed by atoms with Crippen molar-refractivity contribution in [2.45, 2.75) is 24.5 Å². The number of aliphatic hydroxyl groups is 1. The molecular weight excluding hydrogens is 376 g/mol. The number of imidazole rings is 1. The summed E-state index contributed by atoms with van der Waals surface area (Å²) in [7, 11) is -1.79. The Morgan fingerprint density at radius 2 is 2.22 bits per heavy atom. The van der Waals surface area contributed by atoms with Crippen LogP contribution in [0.4, 0.5) is 5.82 Å². The van der Waals surface area contributed by atoms with Crippen LogP contribution in [-0.2, 0) is 13.8 Å². The number of nitrogens with zero attached hydrogens (tertiary/aromatic N) is 4. The summed E-state index contributed by atoms with van der Waals surface area (Å²) in [6.45, 7) is 0.122. The van der Waals surface area contributed by atoms with E-state index in [0.717, 1.165) is 0 Å². The molecule has 11 nitrogen and oxygen atoms in total. The Kier molecular flexibility index (Phi) is 3.77. The topological polar surface area (TPSA) is 151 Å². The van der Waals surface area contributed by atoms with Crippen molar-refractivity contribution in [1.29, 1.82) is 0 Å². The Bertz CT molecular complexity index is 997. The second-order valence-corrected chi connectivity index (χ2v) is 8.88. The molecule has 1 unspecified atom stereocenters. The second-order valence-electron chi connectivity index (χ2n) is 6.56. The molecule has 2 fully saturated rings. The fraction of sp³-hybridized carbons (Fsp3) is 0.357. The van der Waals surface area contributed by atoms with Crippen LogP contribution in [-0.4, -0.2) is 62.0 Å². The summed E-state index contributed by atoms with van der Waals surface area (Å²) in [4.78, 5) is 22.8. The molecule has 142 valence electrons. The number of hydrogen-bond donors (Lipinski definition) is 3. The normalized spacial score (nSPS) is 31.0. The van der Waals surface area contributed by atoms with Gasteiger partial charge in [0, 0.05) is 0 Å². The zero-order valence-electron chi connectivity index (χ0n) is 14.2. The number of aliphatic hydroxyl groups excluding tert-OH is 1. The van der Waals surface area contributed by atoms with Crippen molar-refractivity contribution in [3.8, 4) is 11.6 Å². The molecule has 0 aromatic carbocycles. The summed E-state index contributed by atoms with van der Waals surface area (Å²) in [6.07, 6.45) is -0.413. The van der Waals surface area contributed by atoms with E-state index in [1.54, 1.807) is 16.7 Å². The third kappa shape index (κ3) is 2.65. The van der Waals surface area contributed by atoms with E-state index in [1.807, 2.05) is 0 Å². The van der Waals surface area contributed by atoms with Gasteiger partial charge in [-0.1, -0.05) is 0 Å². The number of anilines is 1. The Labute approximate surface area is 154 Å². The predicted octanol–water partition coefficient (Wildman–Crippen LogP) is -0.623. The molecule has 0 bridgehead atoms. The molecule has 0 spiro atoms. The summed E-state index contributed by atoms with van der Waals surface area (Å²) in [6, 6.07) is 3.45. The van der Waals surface area contributed by atoms with Gasteiger partial charge in [-0.05, 0) is 0 Å². The summed E-state index contributed by atoms with van der Waals surface area (Å²) in [5.41, 5.74) is 6.70. The summed E-state index contributed by atoms with van der Waals surface area (Å²) >= 11 is 0. The van der Waals surface area contributed by atoms with Crippen LogP contribution in [0.3, 0.4) is 0 Å². The van der Waals surface area contributed by atoms with Gasteiger partial charge in [0.2, 0.25) is 0 Å². The van der Waals surface area contributed by atoms with E-state index in [2.05, 4.69) is 15.0 Å². The van der Waals surface area contributed by atoms with Crippen LogP contribution in [0.5, 0.6) is 0 Å². The molecule has 2 aliphatic heterocycles. The number of nitrogen functional groups attached to an aromatic ring is 1. The number of hydrogen-bond acceptors (Lipinski definition) is 10. The molecule has 4 N–H and O–H groups in total. The van der Waals surface area contributed by atoms with Crippen molar-refractivity contribution in [2.24, 2.45) is 0 Å². The summed E-state index contributed by atoms with van der Waals surface area (Å²) in [5.74, 6) is 1.04. The molecule has 5 rings (SSSR count). The molecule has 2 aliphatic rings. The van der Waals surface area contributed by atoms with Gasteiger partial charge in [0.15, 0.2) is 0 Å². The van der Waals surface area contributed by atoms with Crippen LogP contribution < -0.4 is 5.73 Å². The molecule has 3 aromatic heterocycles. The standard InChI is InChI=1S/C14H17BN5O6P/c15-27(22)24-4-7-10(26-27)9(21)14(25-7)20-12(6-2-1-3-23-6)19-8-11(16)17-5-18-13(8)20/h1-3,5,7,9-10,14,21-22,27H,4,15H2,(H2,16,17,18)/t7-,9?,10-,14-/m1/s1.